The third-order valence-electron chi connectivity index (χ3n) is 4.90. The zero-order chi connectivity index (χ0) is 21.0. The summed E-state index contributed by atoms with van der Waals surface area (Å²) in [6.45, 7) is 4.77. The van der Waals surface area contributed by atoms with Crippen molar-refractivity contribution in [1.82, 2.24) is 10.3 Å². The number of amides is 1. The third-order valence-corrected chi connectivity index (χ3v) is 4.90. The Hall–Kier alpha value is -2.96. The number of aromatic nitrogens is 1. The molecule has 2 aromatic rings. The van der Waals surface area contributed by atoms with E-state index in [9.17, 15) is 18.8 Å². The molecule has 2 N–H and O–H groups in total. The number of rotatable bonds is 7. The van der Waals surface area contributed by atoms with Crippen LogP contribution in [-0.2, 0) is 6.42 Å². The maximum absolute atomic E-state index is 12.8. The van der Waals surface area contributed by atoms with Gasteiger partial charge in [0.2, 0.25) is 0 Å². The van der Waals surface area contributed by atoms with Crippen LogP contribution >= 0.6 is 0 Å². The second-order valence-corrected chi connectivity index (χ2v) is 8.11. The molecule has 0 bridgehead atoms. The van der Waals surface area contributed by atoms with Gasteiger partial charge in [0.1, 0.15) is 17.1 Å². The first-order valence-corrected chi connectivity index (χ1v) is 9.71. The van der Waals surface area contributed by atoms with Crippen LogP contribution in [0, 0.1) is 11.2 Å². The van der Waals surface area contributed by atoms with Crippen LogP contribution in [0.1, 0.15) is 59.5 Å². The van der Waals surface area contributed by atoms with Crippen molar-refractivity contribution < 1.29 is 18.7 Å². The number of benzene rings is 1. The topological polar surface area (TPSA) is 88.3 Å². The van der Waals surface area contributed by atoms with E-state index >= 15 is 0 Å². The Morgan fingerprint density at radius 3 is 2.62 bits per heavy atom. The van der Waals surface area contributed by atoms with Gasteiger partial charge in [0.15, 0.2) is 5.78 Å². The predicted molar refractivity (Wildman–Crippen MR) is 107 cm³/mol. The number of aromatic amines is 1. The molecule has 1 aliphatic carbocycles. The lowest BCUT2D eigenvalue weighted by Gasteiger charge is -2.29. The van der Waals surface area contributed by atoms with Crippen LogP contribution in [0.5, 0.6) is 5.75 Å². The van der Waals surface area contributed by atoms with Crippen LogP contribution in [0.3, 0.4) is 0 Å². The molecule has 1 aliphatic rings. The van der Waals surface area contributed by atoms with E-state index in [4.69, 9.17) is 4.74 Å². The summed E-state index contributed by atoms with van der Waals surface area (Å²) in [4.78, 5) is 39.7. The number of halogens is 1. The van der Waals surface area contributed by atoms with Crippen LogP contribution in [0.25, 0.3) is 0 Å². The summed E-state index contributed by atoms with van der Waals surface area (Å²) < 4.78 is 18.3. The van der Waals surface area contributed by atoms with Gasteiger partial charge in [0.25, 0.3) is 11.5 Å². The van der Waals surface area contributed by atoms with Crippen molar-refractivity contribution in [1.29, 1.82) is 0 Å². The molecule has 0 saturated carbocycles. The third kappa shape index (κ3) is 5.31. The van der Waals surface area contributed by atoms with E-state index in [-0.39, 0.29) is 22.6 Å². The van der Waals surface area contributed by atoms with E-state index in [2.05, 4.69) is 10.3 Å². The molecule has 3 rings (SSSR count). The van der Waals surface area contributed by atoms with Gasteiger partial charge in [-0.2, -0.15) is 0 Å². The van der Waals surface area contributed by atoms with E-state index in [1.165, 1.54) is 18.2 Å². The highest BCUT2D eigenvalue weighted by Crippen LogP contribution is 2.33. The molecule has 1 amide bonds. The molecular formula is C22H25FN2O4. The number of ether oxygens (including phenoxy) is 1. The Labute approximate surface area is 168 Å². The second-order valence-electron chi connectivity index (χ2n) is 8.11. The van der Waals surface area contributed by atoms with Gasteiger partial charge in [-0.05, 0) is 55.0 Å². The number of hydrogen-bond acceptors (Lipinski definition) is 4. The Morgan fingerprint density at radius 2 is 1.90 bits per heavy atom. The molecule has 0 spiro atoms. The number of carbonyl (C=O) groups is 2. The average Bonchev–Trinajstić information content (AvgIpc) is 2.64. The van der Waals surface area contributed by atoms with Crippen LogP contribution in [0.4, 0.5) is 4.39 Å². The van der Waals surface area contributed by atoms with Gasteiger partial charge in [-0.15, -0.1) is 0 Å². The second kappa shape index (κ2) is 8.59. The van der Waals surface area contributed by atoms with Crippen molar-refractivity contribution in [2.75, 3.05) is 13.2 Å². The molecule has 1 aromatic carbocycles. The monoisotopic (exact) mass is 400 g/mol. The number of carbonyl (C=O) groups excluding carboxylic acids is 2. The number of H-pyrrole nitrogens is 1. The minimum atomic E-state index is -0.494. The van der Waals surface area contributed by atoms with E-state index < -0.39 is 11.5 Å². The molecule has 0 unspecified atom stereocenters. The fourth-order valence-electron chi connectivity index (χ4n) is 3.44. The van der Waals surface area contributed by atoms with Gasteiger partial charge in [-0.3, -0.25) is 14.4 Å². The van der Waals surface area contributed by atoms with Gasteiger partial charge in [-0.25, -0.2) is 4.39 Å². The van der Waals surface area contributed by atoms with Crippen molar-refractivity contribution in [3.63, 3.8) is 0 Å². The number of hydrogen-bond donors (Lipinski definition) is 2. The first-order chi connectivity index (χ1) is 13.7. The summed E-state index contributed by atoms with van der Waals surface area (Å²) in [5, 5.41) is 2.71. The lowest BCUT2D eigenvalue weighted by molar-refractivity contribution is 0.0910. The number of ketones is 1. The Bertz CT molecular complexity index is 964. The fourth-order valence-corrected chi connectivity index (χ4v) is 3.44. The maximum Gasteiger partial charge on any atom is 0.261 e. The molecule has 1 aromatic heterocycles. The molecule has 29 heavy (non-hydrogen) atoms. The van der Waals surface area contributed by atoms with E-state index in [0.29, 0.717) is 55.8 Å². The number of unbranched alkanes of at least 4 members (excludes halogenated alkanes) is 1. The van der Waals surface area contributed by atoms with Crippen molar-refractivity contribution in [3.8, 4) is 5.75 Å². The zero-order valence-corrected chi connectivity index (χ0v) is 16.6. The van der Waals surface area contributed by atoms with Gasteiger partial charge in [0.05, 0.1) is 6.61 Å². The van der Waals surface area contributed by atoms with Gasteiger partial charge < -0.3 is 15.0 Å². The van der Waals surface area contributed by atoms with E-state index in [0.717, 1.165) is 0 Å². The van der Waals surface area contributed by atoms with Crippen molar-refractivity contribution in [3.05, 3.63) is 63.3 Å². The first-order valence-electron chi connectivity index (χ1n) is 9.71. The highest BCUT2D eigenvalue weighted by Gasteiger charge is 2.32. The summed E-state index contributed by atoms with van der Waals surface area (Å²) in [6, 6.07) is 7.19. The molecule has 6 nitrogen and oxygen atoms in total. The average molecular weight is 400 g/mol. The molecule has 0 radical (unpaired) electrons. The number of Topliss-reactive ketones (excluding diaryl/α,β-unsaturated/α-hetero) is 1. The minimum absolute atomic E-state index is 0.0423. The molecule has 0 aliphatic heterocycles. The number of fused-ring (bicyclic) bond motifs is 1. The highest BCUT2D eigenvalue weighted by molar-refractivity contribution is 6.02. The molecular weight excluding hydrogens is 375 g/mol. The van der Waals surface area contributed by atoms with Crippen molar-refractivity contribution >= 4 is 11.7 Å². The predicted octanol–water partition coefficient (Wildman–Crippen LogP) is 3.26. The first kappa shape index (κ1) is 20.8. The summed E-state index contributed by atoms with van der Waals surface area (Å²) in [6.07, 6.45) is 2.33. The van der Waals surface area contributed by atoms with E-state index in [1.54, 1.807) is 12.1 Å². The van der Waals surface area contributed by atoms with Gasteiger partial charge >= 0.3 is 0 Å². The molecule has 0 atom stereocenters. The lowest BCUT2D eigenvalue weighted by Crippen LogP contribution is -2.35. The number of nitrogens with one attached hydrogen (secondary N) is 2. The summed E-state index contributed by atoms with van der Waals surface area (Å²) in [5.41, 5.74) is 0.311. The van der Waals surface area contributed by atoms with Crippen LogP contribution in [-0.4, -0.2) is 29.8 Å². The smallest absolute Gasteiger partial charge is 0.261 e. The molecule has 154 valence electrons. The quantitative estimate of drug-likeness (QED) is 0.699. The lowest BCUT2D eigenvalue weighted by atomic mass is 9.75. The van der Waals surface area contributed by atoms with Crippen molar-refractivity contribution in [2.45, 2.75) is 39.5 Å². The maximum atomic E-state index is 12.8. The van der Waals surface area contributed by atoms with Crippen LogP contribution < -0.4 is 15.6 Å². The minimum Gasteiger partial charge on any atom is -0.494 e. The number of pyridine rings is 1. The molecule has 0 fully saturated rings. The molecule has 0 saturated heterocycles. The normalized spacial score (nSPS) is 14.9. The van der Waals surface area contributed by atoms with Crippen molar-refractivity contribution in [2.24, 2.45) is 5.41 Å². The fraction of sp³-hybridized carbons (Fsp3) is 0.409. The summed E-state index contributed by atoms with van der Waals surface area (Å²) in [5.74, 6) is -0.280. The van der Waals surface area contributed by atoms with Gasteiger partial charge in [0, 0.05) is 24.2 Å². The Balaban J connectivity index is 1.50. The zero-order valence-electron chi connectivity index (χ0n) is 16.6. The van der Waals surface area contributed by atoms with Crippen LogP contribution in [0.2, 0.25) is 0 Å². The molecule has 7 heteroatoms. The van der Waals surface area contributed by atoms with E-state index in [1.807, 2.05) is 13.8 Å². The van der Waals surface area contributed by atoms with Crippen LogP contribution in [0.15, 0.2) is 35.1 Å². The Morgan fingerprint density at radius 1 is 1.17 bits per heavy atom. The largest absolute Gasteiger partial charge is 0.494 e. The van der Waals surface area contributed by atoms with Gasteiger partial charge in [-0.1, -0.05) is 13.8 Å². The standard InChI is InChI=1S/C22H25FN2O4/c1-22(2)12-18-16(19(26)13-22)11-17(21(28)25-18)20(27)24-9-3-4-10-29-15-7-5-14(23)6-8-15/h5-8,11H,3-4,9-10,12-13H2,1-2H3,(H,24,27)(H,25,28). The summed E-state index contributed by atoms with van der Waals surface area (Å²) >= 11 is 0. The SMILES string of the molecule is CC1(C)CC(=O)c2cc(C(=O)NCCCCOc3ccc(F)cc3)c(=O)[nH]c2C1. The summed E-state index contributed by atoms with van der Waals surface area (Å²) in [7, 11) is 0. The highest BCUT2D eigenvalue weighted by atomic mass is 19.1. The Kier molecular flexibility index (Phi) is 6.15. The molecule has 1 heterocycles.